The van der Waals surface area contributed by atoms with Crippen LogP contribution >= 0.6 is 0 Å². The zero-order valence-electron chi connectivity index (χ0n) is 9.34. The van der Waals surface area contributed by atoms with Crippen LogP contribution in [0.25, 0.3) is 0 Å². The highest BCUT2D eigenvalue weighted by Gasteiger charge is 2.17. The molecule has 16 heavy (non-hydrogen) atoms. The molecule has 1 N–H and O–H groups in total. The number of rotatable bonds is 3. The maximum absolute atomic E-state index is 13.5. The van der Waals surface area contributed by atoms with E-state index in [4.69, 9.17) is 0 Å². The van der Waals surface area contributed by atoms with Crippen LogP contribution in [0.15, 0.2) is 18.2 Å². The normalized spacial score (nSPS) is 20.1. The molecule has 2 rings (SSSR count). The van der Waals surface area contributed by atoms with E-state index in [9.17, 15) is 8.78 Å². The Morgan fingerprint density at radius 1 is 1.44 bits per heavy atom. The number of halogens is 2. The van der Waals surface area contributed by atoms with Crippen molar-refractivity contribution in [1.82, 2.24) is 5.32 Å². The number of nitrogens with one attached hydrogen (secondary N) is 1. The summed E-state index contributed by atoms with van der Waals surface area (Å²) in [5.41, 5.74) is 0.328. The highest BCUT2D eigenvalue weighted by molar-refractivity contribution is 5.47. The van der Waals surface area contributed by atoms with Gasteiger partial charge in [0.1, 0.15) is 11.6 Å². The van der Waals surface area contributed by atoms with Crippen LogP contribution in [0.1, 0.15) is 12.8 Å². The van der Waals surface area contributed by atoms with E-state index in [2.05, 4.69) is 5.32 Å². The fraction of sp³-hybridized carbons (Fsp3) is 0.500. The lowest BCUT2D eigenvalue weighted by molar-refractivity contribution is 0.573. The minimum absolute atomic E-state index is 0.328. The fourth-order valence-corrected chi connectivity index (χ4v) is 2.12. The van der Waals surface area contributed by atoms with Crippen molar-refractivity contribution in [2.24, 2.45) is 0 Å². The molecule has 1 aliphatic heterocycles. The predicted molar refractivity (Wildman–Crippen MR) is 60.7 cm³/mol. The van der Waals surface area contributed by atoms with Gasteiger partial charge in [-0.25, -0.2) is 8.78 Å². The van der Waals surface area contributed by atoms with E-state index in [0.717, 1.165) is 25.5 Å². The summed E-state index contributed by atoms with van der Waals surface area (Å²) in [5.74, 6) is -0.774. The number of hydrogen-bond acceptors (Lipinski definition) is 2. The molecule has 1 aromatic carbocycles. The average Bonchev–Trinajstić information content (AvgIpc) is 2.74. The summed E-state index contributed by atoms with van der Waals surface area (Å²) in [6, 6.07) is 3.93. The molecule has 1 heterocycles. The van der Waals surface area contributed by atoms with Crippen molar-refractivity contribution < 1.29 is 8.78 Å². The molecule has 0 spiro atoms. The second-order valence-electron chi connectivity index (χ2n) is 4.27. The third-order valence-electron chi connectivity index (χ3n) is 2.98. The van der Waals surface area contributed by atoms with Crippen LogP contribution in [0.3, 0.4) is 0 Å². The Labute approximate surface area is 94.3 Å². The third kappa shape index (κ3) is 2.50. The summed E-state index contributed by atoms with van der Waals surface area (Å²) >= 11 is 0. The summed E-state index contributed by atoms with van der Waals surface area (Å²) in [5, 5.41) is 3.33. The number of nitrogens with zero attached hydrogens (tertiary/aromatic N) is 1. The standard InChI is InChI=1S/C12H16F2N2/c1-16(8-10-3-2-6-15-10)12-7-9(13)4-5-11(12)14/h4-5,7,10,15H,2-3,6,8H2,1H3. The molecular formula is C12H16F2N2. The number of hydrogen-bond donors (Lipinski definition) is 1. The molecule has 1 aliphatic rings. The lowest BCUT2D eigenvalue weighted by Gasteiger charge is -2.23. The molecule has 1 unspecified atom stereocenters. The number of likely N-dealkylation sites (N-methyl/N-ethyl adjacent to an activating group) is 1. The Balaban J connectivity index is 2.07. The maximum atomic E-state index is 13.5. The van der Waals surface area contributed by atoms with Gasteiger partial charge in [0, 0.05) is 25.7 Å². The van der Waals surface area contributed by atoms with Crippen LogP contribution in [0.2, 0.25) is 0 Å². The van der Waals surface area contributed by atoms with Gasteiger partial charge in [-0.15, -0.1) is 0 Å². The molecule has 0 radical (unpaired) electrons. The van der Waals surface area contributed by atoms with Gasteiger partial charge in [0.05, 0.1) is 5.69 Å². The molecule has 0 bridgehead atoms. The van der Waals surface area contributed by atoms with Crippen molar-refractivity contribution in [3.63, 3.8) is 0 Å². The molecule has 1 aromatic rings. The molecule has 1 atom stereocenters. The Morgan fingerprint density at radius 2 is 2.25 bits per heavy atom. The van der Waals surface area contributed by atoms with Gasteiger partial charge in [-0.3, -0.25) is 0 Å². The highest BCUT2D eigenvalue weighted by atomic mass is 19.1. The summed E-state index contributed by atoms with van der Waals surface area (Å²) < 4.78 is 26.5. The van der Waals surface area contributed by atoms with Crippen molar-refractivity contribution in [2.75, 3.05) is 25.0 Å². The lowest BCUT2D eigenvalue weighted by Crippen LogP contribution is -2.35. The quantitative estimate of drug-likeness (QED) is 0.849. The molecule has 4 heteroatoms. The highest BCUT2D eigenvalue weighted by Crippen LogP contribution is 2.20. The van der Waals surface area contributed by atoms with Gasteiger partial charge >= 0.3 is 0 Å². The zero-order chi connectivity index (χ0) is 11.5. The van der Waals surface area contributed by atoms with Gasteiger partial charge in [0.25, 0.3) is 0 Å². The lowest BCUT2D eigenvalue weighted by atomic mass is 10.2. The minimum Gasteiger partial charge on any atom is -0.371 e. The topological polar surface area (TPSA) is 15.3 Å². The van der Waals surface area contributed by atoms with Crippen LogP contribution in [0, 0.1) is 11.6 Å². The Hall–Kier alpha value is -1.16. The number of anilines is 1. The molecule has 1 fully saturated rings. The smallest absolute Gasteiger partial charge is 0.146 e. The summed E-state index contributed by atoms with van der Waals surface area (Å²) in [4.78, 5) is 1.77. The summed E-state index contributed by atoms with van der Waals surface area (Å²) in [7, 11) is 1.79. The van der Waals surface area contributed by atoms with Crippen molar-refractivity contribution >= 4 is 5.69 Å². The zero-order valence-corrected chi connectivity index (χ0v) is 9.34. The summed E-state index contributed by atoms with van der Waals surface area (Å²) in [6.45, 7) is 1.73. The van der Waals surface area contributed by atoms with E-state index in [-0.39, 0.29) is 5.82 Å². The van der Waals surface area contributed by atoms with Crippen LogP contribution in [-0.2, 0) is 0 Å². The Bertz CT molecular complexity index is 362. The van der Waals surface area contributed by atoms with Gasteiger partial charge in [-0.2, -0.15) is 0 Å². The predicted octanol–water partition coefficient (Wildman–Crippen LogP) is 2.15. The van der Waals surface area contributed by atoms with Crippen LogP contribution in [-0.4, -0.2) is 26.2 Å². The minimum atomic E-state index is -0.400. The van der Waals surface area contributed by atoms with E-state index in [1.165, 1.54) is 12.1 Å². The van der Waals surface area contributed by atoms with E-state index in [1.54, 1.807) is 11.9 Å². The van der Waals surface area contributed by atoms with Crippen molar-refractivity contribution in [1.29, 1.82) is 0 Å². The first-order valence-corrected chi connectivity index (χ1v) is 5.56. The van der Waals surface area contributed by atoms with Gasteiger partial charge in [-0.05, 0) is 31.5 Å². The maximum Gasteiger partial charge on any atom is 0.146 e. The van der Waals surface area contributed by atoms with Gasteiger partial charge in [-0.1, -0.05) is 0 Å². The number of benzene rings is 1. The van der Waals surface area contributed by atoms with E-state index in [0.29, 0.717) is 18.3 Å². The molecule has 0 aromatic heterocycles. The second kappa shape index (κ2) is 4.78. The third-order valence-corrected chi connectivity index (χ3v) is 2.98. The van der Waals surface area contributed by atoms with Gasteiger partial charge in [0.2, 0.25) is 0 Å². The second-order valence-corrected chi connectivity index (χ2v) is 4.27. The van der Waals surface area contributed by atoms with Crippen LogP contribution in [0.5, 0.6) is 0 Å². The molecule has 88 valence electrons. The average molecular weight is 226 g/mol. The monoisotopic (exact) mass is 226 g/mol. The fourth-order valence-electron chi connectivity index (χ4n) is 2.12. The molecule has 0 amide bonds. The first-order chi connectivity index (χ1) is 7.66. The Morgan fingerprint density at radius 3 is 2.94 bits per heavy atom. The van der Waals surface area contributed by atoms with E-state index >= 15 is 0 Å². The largest absolute Gasteiger partial charge is 0.371 e. The van der Waals surface area contributed by atoms with Crippen molar-refractivity contribution in [3.8, 4) is 0 Å². The molecule has 0 aliphatic carbocycles. The van der Waals surface area contributed by atoms with Crippen LogP contribution in [0.4, 0.5) is 14.5 Å². The first kappa shape index (κ1) is 11.3. The molecule has 2 nitrogen and oxygen atoms in total. The molecular weight excluding hydrogens is 210 g/mol. The molecule has 0 saturated carbocycles. The van der Waals surface area contributed by atoms with Crippen molar-refractivity contribution in [2.45, 2.75) is 18.9 Å². The van der Waals surface area contributed by atoms with E-state index in [1.807, 2.05) is 0 Å². The Kier molecular flexibility index (Phi) is 3.39. The van der Waals surface area contributed by atoms with Gasteiger partial charge in [0.15, 0.2) is 0 Å². The molecule has 1 saturated heterocycles. The SMILES string of the molecule is CN(CC1CCCN1)c1cc(F)ccc1F. The van der Waals surface area contributed by atoms with Crippen molar-refractivity contribution in [3.05, 3.63) is 29.8 Å². The summed E-state index contributed by atoms with van der Waals surface area (Å²) in [6.07, 6.45) is 2.26. The first-order valence-electron chi connectivity index (χ1n) is 5.56. The van der Waals surface area contributed by atoms with Crippen LogP contribution < -0.4 is 10.2 Å². The van der Waals surface area contributed by atoms with E-state index < -0.39 is 5.82 Å². The van der Waals surface area contributed by atoms with Gasteiger partial charge < -0.3 is 10.2 Å².